The van der Waals surface area contributed by atoms with Crippen LogP contribution in [0.15, 0.2) is 42.5 Å². The molecule has 104 valence electrons. The number of para-hydroxylation sites is 1. The lowest BCUT2D eigenvalue weighted by Crippen LogP contribution is -2.20. The van der Waals surface area contributed by atoms with Gasteiger partial charge in [-0.2, -0.15) is 0 Å². The zero-order chi connectivity index (χ0) is 14.5. The summed E-state index contributed by atoms with van der Waals surface area (Å²) in [5, 5.41) is 2.36. The van der Waals surface area contributed by atoms with Gasteiger partial charge in [0, 0.05) is 5.69 Å². The highest BCUT2D eigenvalue weighted by Crippen LogP contribution is 2.19. The van der Waals surface area contributed by atoms with Gasteiger partial charge in [0.1, 0.15) is 5.82 Å². The van der Waals surface area contributed by atoms with Crippen molar-refractivity contribution in [2.75, 3.05) is 11.9 Å². The summed E-state index contributed by atoms with van der Waals surface area (Å²) in [6.45, 7) is -0.365. The van der Waals surface area contributed by atoms with Gasteiger partial charge in [0.2, 0.25) is 0 Å². The maximum Gasteiger partial charge on any atom is 0.262 e. The van der Waals surface area contributed by atoms with Gasteiger partial charge in [-0.1, -0.05) is 23.7 Å². The summed E-state index contributed by atoms with van der Waals surface area (Å²) in [5.41, 5.74) is 0.332. The molecule has 6 heteroatoms. The second kappa shape index (κ2) is 6.34. The van der Waals surface area contributed by atoms with Gasteiger partial charge in [-0.3, -0.25) is 4.79 Å². The summed E-state index contributed by atoms with van der Waals surface area (Å²) in [5.74, 6) is -1.65. The lowest BCUT2D eigenvalue weighted by atomic mass is 10.3. The zero-order valence-electron chi connectivity index (χ0n) is 10.2. The van der Waals surface area contributed by atoms with Gasteiger partial charge in [-0.25, -0.2) is 8.78 Å². The molecule has 2 rings (SSSR count). The Balaban J connectivity index is 1.93. The number of rotatable bonds is 4. The van der Waals surface area contributed by atoms with E-state index in [1.807, 2.05) is 0 Å². The van der Waals surface area contributed by atoms with Crippen LogP contribution < -0.4 is 10.1 Å². The van der Waals surface area contributed by atoms with Crippen LogP contribution in [0.4, 0.5) is 14.5 Å². The van der Waals surface area contributed by atoms with Crippen molar-refractivity contribution in [1.82, 2.24) is 0 Å². The van der Waals surface area contributed by atoms with Crippen LogP contribution in [-0.2, 0) is 4.79 Å². The molecular formula is C14H10ClF2NO2. The van der Waals surface area contributed by atoms with E-state index in [0.717, 1.165) is 6.07 Å². The Morgan fingerprint density at radius 1 is 1.15 bits per heavy atom. The molecule has 0 saturated heterocycles. The quantitative estimate of drug-likeness (QED) is 0.936. The number of hydrogen-bond acceptors (Lipinski definition) is 2. The van der Waals surface area contributed by atoms with Crippen molar-refractivity contribution in [3.8, 4) is 5.75 Å². The van der Waals surface area contributed by atoms with Crippen LogP contribution in [0.2, 0.25) is 5.02 Å². The van der Waals surface area contributed by atoms with E-state index in [1.165, 1.54) is 30.3 Å². The van der Waals surface area contributed by atoms with Crippen molar-refractivity contribution in [1.29, 1.82) is 0 Å². The van der Waals surface area contributed by atoms with Crippen molar-refractivity contribution >= 4 is 23.2 Å². The van der Waals surface area contributed by atoms with Crippen LogP contribution in [0.5, 0.6) is 5.75 Å². The highest BCUT2D eigenvalue weighted by molar-refractivity contribution is 6.31. The fourth-order valence-corrected chi connectivity index (χ4v) is 1.66. The SMILES string of the molecule is O=C(COc1ccccc1F)Nc1ccc(F)c(Cl)c1. The smallest absolute Gasteiger partial charge is 0.262 e. The highest BCUT2D eigenvalue weighted by Gasteiger charge is 2.08. The summed E-state index contributed by atoms with van der Waals surface area (Å²) in [7, 11) is 0. The number of amides is 1. The lowest BCUT2D eigenvalue weighted by molar-refractivity contribution is -0.118. The molecule has 0 heterocycles. The second-order valence-electron chi connectivity index (χ2n) is 3.90. The minimum absolute atomic E-state index is 0.0141. The molecule has 2 aromatic carbocycles. The average molecular weight is 298 g/mol. The molecule has 3 nitrogen and oxygen atoms in total. The van der Waals surface area contributed by atoms with Crippen LogP contribution in [0.3, 0.4) is 0 Å². The van der Waals surface area contributed by atoms with E-state index in [4.69, 9.17) is 16.3 Å². The molecule has 1 amide bonds. The van der Waals surface area contributed by atoms with Crippen LogP contribution in [-0.4, -0.2) is 12.5 Å². The Morgan fingerprint density at radius 3 is 2.60 bits per heavy atom. The minimum Gasteiger partial charge on any atom is -0.481 e. The first kappa shape index (κ1) is 14.3. The van der Waals surface area contributed by atoms with E-state index in [9.17, 15) is 13.6 Å². The van der Waals surface area contributed by atoms with Crippen molar-refractivity contribution in [3.05, 3.63) is 59.1 Å². The number of carbonyl (C=O) groups excluding carboxylic acids is 1. The van der Waals surface area contributed by atoms with Crippen LogP contribution >= 0.6 is 11.6 Å². The van der Waals surface area contributed by atoms with E-state index >= 15 is 0 Å². The Kier molecular flexibility index (Phi) is 4.53. The zero-order valence-corrected chi connectivity index (χ0v) is 11.0. The van der Waals surface area contributed by atoms with Crippen molar-refractivity contribution < 1.29 is 18.3 Å². The van der Waals surface area contributed by atoms with Crippen LogP contribution in [0.1, 0.15) is 0 Å². The number of anilines is 1. The van der Waals surface area contributed by atoms with Gasteiger partial charge in [-0.05, 0) is 30.3 Å². The largest absolute Gasteiger partial charge is 0.481 e. The molecule has 0 atom stereocenters. The van der Waals surface area contributed by atoms with E-state index in [2.05, 4.69) is 5.32 Å². The van der Waals surface area contributed by atoms with E-state index < -0.39 is 17.5 Å². The summed E-state index contributed by atoms with van der Waals surface area (Å²) in [4.78, 5) is 11.6. The first-order chi connectivity index (χ1) is 9.56. The van der Waals surface area contributed by atoms with Gasteiger partial charge in [0.05, 0.1) is 5.02 Å². The van der Waals surface area contributed by atoms with Crippen molar-refractivity contribution in [3.63, 3.8) is 0 Å². The number of benzene rings is 2. The Labute approximate surface area is 119 Å². The first-order valence-electron chi connectivity index (χ1n) is 5.68. The summed E-state index contributed by atoms with van der Waals surface area (Å²) in [6.07, 6.45) is 0. The second-order valence-corrected chi connectivity index (χ2v) is 4.30. The lowest BCUT2D eigenvalue weighted by Gasteiger charge is -2.08. The number of nitrogens with one attached hydrogen (secondary N) is 1. The molecule has 0 aliphatic heterocycles. The first-order valence-corrected chi connectivity index (χ1v) is 6.06. The highest BCUT2D eigenvalue weighted by atomic mass is 35.5. The summed E-state index contributed by atoms with van der Waals surface area (Å²) >= 11 is 5.58. The fraction of sp³-hybridized carbons (Fsp3) is 0.0714. The molecule has 0 spiro atoms. The molecule has 20 heavy (non-hydrogen) atoms. The standard InChI is InChI=1S/C14H10ClF2NO2/c15-10-7-9(5-6-11(10)16)18-14(19)8-20-13-4-2-1-3-12(13)17/h1-7H,8H2,(H,18,19). The molecule has 1 N–H and O–H groups in total. The molecule has 0 fully saturated rings. The predicted molar refractivity (Wildman–Crippen MR) is 71.9 cm³/mol. The normalized spacial score (nSPS) is 10.2. The number of ether oxygens (including phenoxy) is 1. The maximum absolute atomic E-state index is 13.2. The van der Waals surface area contributed by atoms with Gasteiger partial charge >= 0.3 is 0 Å². The van der Waals surface area contributed by atoms with Gasteiger partial charge in [0.25, 0.3) is 5.91 Å². The molecule has 0 unspecified atom stereocenters. The Morgan fingerprint density at radius 2 is 1.90 bits per heavy atom. The minimum atomic E-state index is -0.577. The van der Waals surface area contributed by atoms with E-state index in [-0.39, 0.29) is 17.4 Å². The van der Waals surface area contributed by atoms with Crippen molar-refractivity contribution in [2.24, 2.45) is 0 Å². The molecular weight excluding hydrogens is 288 g/mol. The topological polar surface area (TPSA) is 38.3 Å². The van der Waals surface area contributed by atoms with Gasteiger partial charge in [-0.15, -0.1) is 0 Å². The van der Waals surface area contributed by atoms with Gasteiger partial charge < -0.3 is 10.1 Å². The molecule has 0 aliphatic carbocycles. The van der Waals surface area contributed by atoms with E-state index in [0.29, 0.717) is 5.69 Å². The van der Waals surface area contributed by atoms with Crippen molar-refractivity contribution in [2.45, 2.75) is 0 Å². The van der Waals surface area contributed by atoms with Crippen LogP contribution in [0, 0.1) is 11.6 Å². The Hall–Kier alpha value is -2.14. The Bertz CT molecular complexity index is 634. The number of carbonyl (C=O) groups is 1. The summed E-state index contributed by atoms with van der Waals surface area (Å²) < 4.78 is 31.2. The molecule has 0 radical (unpaired) electrons. The molecule has 2 aromatic rings. The molecule has 0 saturated carbocycles. The third-order valence-corrected chi connectivity index (χ3v) is 2.69. The molecule has 0 aromatic heterocycles. The van der Waals surface area contributed by atoms with Gasteiger partial charge in [0.15, 0.2) is 18.2 Å². The maximum atomic E-state index is 13.2. The number of halogens is 3. The number of hydrogen-bond donors (Lipinski definition) is 1. The van der Waals surface area contributed by atoms with Crippen LogP contribution in [0.25, 0.3) is 0 Å². The average Bonchev–Trinajstić information content (AvgIpc) is 2.42. The fourth-order valence-electron chi connectivity index (χ4n) is 1.48. The molecule has 0 bridgehead atoms. The third kappa shape index (κ3) is 3.68. The van der Waals surface area contributed by atoms with E-state index in [1.54, 1.807) is 6.07 Å². The third-order valence-electron chi connectivity index (χ3n) is 2.40. The monoisotopic (exact) mass is 297 g/mol. The molecule has 0 aliphatic rings. The predicted octanol–water partition coefficient (Wildman–Crippen LogP) is 3.64. The summed E-state index contributed by atoms with van der Waals surface area (Å²) in [6, 6.07) is 9.53.